The molecule has 0 spiro atoms. The van der Waals surface area contributed by atoms with Gasteiger partial charge in [0.15, 0.2) is 0 Å². The molecule has 0 unspecified atom stereocenters. The topological polar surface area (TPSA) is 89.7 Å². The van der Waals surface area contributed by atoms with Gasteiger partial charge in [-0.25, -0.2) is 13.6 Å². The SMILES string of the molecule is CCOCCN(CC)C(=O)Cc1ccc(S(N)(=O)=O)s1. The van der Waals surface area contributed by atoms with Gasteiger partial charge in [0.05, 0.1) is 13.0 Å². The average Bonchev–Trinajstić information content (AvgIpc) is 2.83. The number of primary sulfonamides is 1. The fourth-order valence-corrected chi connectivity index (χ4v) is 3.41. The molecule has 0 saturated heterocycles. The molecule has 0 atom stereocenters. The van der Waals surface area contributed by atoms with Crippen LogP contribution in [-0.2, 0) is 26.0 Å². The van der Waals surface area contributed by atoms with Crippen molar-refractivity contribution >= 4 is 27.3 Å². The molecule has 0 aliphatic rings. The third-order valence-electron chi connectivity index (χ3n) is 2.69. The summed E-state index contributed by atoms with van der Waals surface area (Å²) >= 11 is 1.03. The van der Waals surface area contributed by atoms with Crippen molar-refractivity contribution in [3.63, 3.8) is 0 Å². The molecule has 1 aromatic heterocycles. The van der Waals surface area contributed by atoms with Crippen molar-refractivity contribution in [2.24, 2.45) is 5.14 Å². The van der Waals surface area contributed by atoms with E-state index >= 15 is 0 Å². The van der Waals surface area contributed by atoms with Crippen LogP contribution in [0.15, 0.2) is 16.3 Å². The van der Waals surface area contributed by atoms with E-state index in [1.165, 1.54) is 6.07 Å². The van der Waals surface area contributed by atoms with Crippen molar-refractivity contribution < 1.29 is 17.9 Å². The van der Waals surface area contributed by atoms with E-state index in [-0.39, 0.29) is 16.5 Å². The molecule has 0 saturated carbocycles. The van der Waals surface area contributed by atoms with Crippen molar-refractivity contribution in [1.29, 1.82) is 0 Å². The molecule has 20 heavy (non-hydrogen) atoms. The Balaban J connectivity index is 2.62. The number of thiophene rings is 1. The molecule has 1 heterocycles. The molecular formula is C12H20N2O4S2. The van der Waals surface area contributed by atoms with Gasteiger partial charge in [0.25, 0.3) is 0 Å². The highest BCUT2D eigenvalue weighted by Gasteiger charge is 2.16. The molecule has 1 rings (SSSR count). The van der Waals surface area contributed by atoms with Gasteiger partial charge in [-0.15, -0.1) is 11.3 Å². The normalized spacial score (nSPS) is 11.6. The lowest BCUT2D eigenvalue weighted by Gasteiger charge is -2.20. The Kier molecular flexibility index (Phi) is 6.60. The van der Waals surface area contributed by atoms with E-state index in [0.29, 0.717) is 31.2 Å². The molecule has 1 aromatic rings. The Hall–Kier alpha value is -0.960. The number of nitrogens with two attached hydrogens (primary N) is 1. The standard InChI is InChI=1S/C12H20N2O4S2/c1-3-14(7-8-18-4-2)11(15)9-10-5-6-12(19-10)20(13,16)17/h5-6H,3-4,7-9H2,1-2H3,(H2,13,16,17). The zero-order valence-corrected chi connectivity index (χ0v) is 13.3. The van der Waals surface area contributed by atoms with Crippen LogP contribution in [0.3, 0.4) is 0 Å². The minimum absolute atomic E-state index is 0.0463. The number of carbonyl (C=O) groups is 1. The second kappa shape index (κ2) is 7.72. The van der Waals surface area contributed by atoms with Crippen LogP contribution in [0, 0.1) is 0 Å². The summed E-state index contributed by atoms with van der Waals surface area (Å²) in [4.78, 5) is 14.5. The van der Waals surface area contributed by atoms with Crippen molar-refractivity contribution in [1.82, 2.24) is 4.90 Å². The molecule has 0 bridgehead atoms. The van der Waals surface area contributed by atoms with Gasteiger partial charge in [-0.05, 0) is 26.0 Å². The fourth-order valence-electron chi connectivity index (χ4n) is 1.65. The summed E-state index contributed by atoms with van der Waals surface area (Å²) in [6, 6.07) is 3.05. The minimum atomic E-state index is -3.69. The maximum Gasteiger partial charge on any atom is 0.247 e. The molecule has 0 aliphatic carbocycles. The maximum absolute atomic E-state index is 12.1. The minimum Gasteiger partial charge on any atom is -0.380 e. The molecule has 0 aliphatic heterocycles. The van der Waals surface area contributed by atoms with E-state index in [1.54, 1.807) is 11.0 Å². The monoisotopic (exact) mass is 320 g/mol. The highest BCUT2D eigenvalue weighted by Crippen LogP contribution is 2.21. The zero-order chi connectivity index (χ0) is 15.2. The number of likely N-dealkylation sites (N-methyl/N-ethyl adjacent to an activating group) is 1. The third kappa shape index (κ3) is 5.20. The molecular weight excluding hydrogens is 300 g/mol. The van der Waals surface area contributed by atoms with Gasteiger partial charge >= 0.3 is 0 Å². The van der Waals surface area contributed by atoms with Crippen molar-refractivity contribution in [3.8, 4) is 0 Å². The maximum atomic E-state index is 12.1. The summed E-state index contributed by atoms with van der Waals surface area (Å²) in [5.41, 5.74) is 0. The van der Waals surface area contributed by atoms with Gasteiger partial charge in [0, 0.05) is 24.6 Å². The van der Waals surface area contributed by atoms with Gasteiger partial charge in [-0.3, -0.25) is 4.79 Å². The van der Waals surface area contributed by atoms with Crippen LogP contribution in [0.2, 0.25) is 0 Å². The predicted octanol–water partition coefficient (Wildman–Crippen LogP) is 0.823. The van der Waals surface area contributed by atoms with Crippen LogP contribution in [0.25, 0.3) is 0 Å². The molecule has 0 fully saturated rings. The molecule has 8 heteroatoms. The van der Waals surface area contributed by atoms with E-state index in [0.717, 1.165) is 11.3 Å². The Morgan fingerprint density at radius 2 is 2.10 bits per heavy atom. The number of amides is 1. The van der Waals surface area contributed by atoms with Gasteiger partial charge < -0.3 is 9.64 Å². The quantitative estimate of drug-likeness (QED) is 0.718. The van der Waals surface area contributed by atoms with Crippen molar-refractivity contribution in [2.45, 2.75) is 24.5 Å². The summed E-state index contributed by atoms with van der Waals surface area (Å²) in [6.45, 7) is 6.06. The van der Waals surface area contributed by atoms with Gasteiger partial charge in [0.1, 0.15) is 4.21 Å². The first-order valence-electron chi connectivity index (χ1n) is 6.35. The lowest BCUT2D eigenvalue weighted by molar-refractivity contribution is -0.130. The highest BCUT2D eigenvalue weighted by molar-refractivity contribution is 7.91. The summed E-state index contributed by atoms with van der Waals surface area (Å²) in [5.74, 6) is -0.0463. The van der Waals surface area contributed by atoms with Crippen molar-refractivity contribution in [3.05, 3.63) is 17.0 Å². The lowest BCUT2D eigenvalue weighted by Crippen LogP contribution is -2.34. The summed E-state index contributed by atoms with van der Waals surface area (Å²) < 4.78 is 27.7. The zero-order valence-electron chi connectivity index (χ0n) is 11.7. The second-order valence-electron chi connectivity index (χ2n) is 4.11. The molecule has 6 nitrogen and oxygen atoms in total. The van der Waals surface area contributed by atoms with Gasteiger partial charge in [0.2, 0.25) is 15.9 Å². The largest absolute Gasteiger partial charge is 0.380 e. The van der Waals surface area contributed by atoms with E-state index in [9.17, 15) is 13.2 Å². The van der Waals surface area contributed by atoms with Crippen LogP contribution in [0.5, 0.6) is 0 Å². The lowest BCUT2D eigenvalue weighted by atomic mass is 10.3. The molecule has 1 amide bonds. The predicted molar refractivity (Wildman–Crippen MR) is 78.1 cm³/mol. The number of nitrogens with zero attached hydrogens (tertiary/aromatic N) is 1. The number of ether oxygens (including phenoxy) is 1. The number of carbonyl (C=O) groups excluding carboxylic acids is 1. The van der Waals surface area contributed by atoms with E-state index in [1.807, 2.05) is 13.8 Å². The average molecular weight is 320 g/mol. The van der Waals surface area contributed by atoms with Crippen LogP contribution in [-0.4, -0.2) is 45.5 Å². The summed E-state index contributed by atoms with van der Waals surface area (Å²) in [5, 5.41) is 5.04. The van der Waals surface area contributed by atoms with E-state index in [2.05, 4.69) is 0 Å². The number of hydrogen-bond acceptors (Lipinski definition) is 5. The second-order valence-corrected chi connectivity index (χ2v) is 7.07. The smallest absolute Gasteiger partial charge is 0.247 e. The Morgan fingerprint density at radius 3 is 2.60 bits per heavy atom. The van der Waals surface area contributed by atoms with Crippen LogP contribution < -0.4 is 5.14 Å². The number of rotatable bonds is 8. The van der Waals surface area contributed by atoms with E-state index in [4.69, 9.17) is 9.88 Å². The first-order chi connectivity index (χ1) is 9.38. The molecule has 0 radical (unpaired) electrons. The van der Waals surface area contributed by atoms with Crippen LogP contribution >= 0.6 is 11.3 Å². The first kappa shape index (κ1) is 17.1. The van der Waals surface area contributed by atoms with Crippen LogP contribution in [0.4, 0.5) is 0 Å². The fraction of sp³-hybridized carbons (Fsp3) is 0.583. The molecule has 2 N–H and O–H groups in total. The Bertz CT molecular complexity index is 539. The van der Waals surface area contributed by atoms with Gasteiger partial charge in [-0.2, -0.15) is 0 Å². The number of hydrogen-bond donors (Lipinski definition) is 1. The summed E-state index contributed by atoms with van der Waals surface area (Å²) in [7, 11) is -3.69. The highest BCUT2D eigenvalue weighted by atomic mass is 32.2. The Labute approximate surface area is 123 Å². The molecule has 114 valence electrons. The molecule has 0 aromatic carbocycles. The van der Waals surface area contributed by atoms with Crippen molar-refractivity contribution in [2.75, 3.05) is 26.3 Å². The van der Waals surface area contributed by atoms with E-state index < -0.39 is 10.0 Å². The Morgan fingerprint density at radius 1 is 1.40 bits per heavy atom. The summed E-state index contributed by atoms with van der Waals surface area (Å²) in [6.07, 6.45) is 0.181. The first-order valence-corrected chi connectivity index (χ1v) is 8.71. The van der Waals surface area contributed by atoms with Gasteiger partial charge in [-0.1, -0.05) is 0 Å². The third-order valence-corrected chi connectivity index (χ3v) is 5.21. The number of sulfonamides is 1. The van der Waals surface area contributed by atoms with Crippen LogP contribution in [0.1, 0.15) is 18.7 Å².